The molecule has 0 atom stereocenters. The fourth-order valence-corrected chi connectivity index (χ4v) is 0.816. The molecule has 0 aliphatic rings. The first-order valence-corrected chi connectivity index (χ1v) is 5.27. The molecule has 0 heterocycles. The molecule has 0 saturated heterocycles. The summed E-state index contributed by atoms with van der Waals surface area (Å²) in [5.74, 6) is 0. The van der Waals surface area contributed by atoms with E-state index in [-0.39, 0.29) is 0 Å². The fourth-order valence-electron chi connectivity index (χ4n) is 0.684. The van der Waals surface area contributed by atoms with Gasteiger partial charge in [-0.05, 0) is 25.2 Å². The molecule has 1 N–H and O–H groups in total. The highest BCUT2D eigenvalue weighted by molar-refractivity contribution is 9.11. The SMILES string of the molecule is C=C=C(/C=C\C(Br)=C/C)N/C=C\C=N/C. The van der Waals surface area contributed by atoms with Crippen molar-refractivity contribution in [1.82, 2.24) is 5.32 Å². The van der Waals surface area contributed by atoms with Crippen molar-refractivity contribution < 1.29 is 0 Å². The minimum absolute atomic E-state index is 0.801. The van der Waals surface area contributed by atoms with Crippen molar-refractivity contribution in [3.05, 3.63) is 53.0 Å². The predicted octanol–water partition coefficient (Wildman–Crippen LogP) is 3.31. The first kappa shape index (κ1) is 13.7. The second kappa shape index (κ2) is 9.25. The van der Waals surface area contributed by atoms with Crippen LogP contribution < -0.4 is 5.32 Å². The smallest absolute Gasteiger partial charge is 0.0807 e. The van der Waals surface area contributed by atoms with Gasteiger partial charge in [-0.1, -0.05) is 28.6 Å². The van der Waals surface area contributed by atoms with Crippen molar-refractivity contribution in [3.63, 3.8) is 0 Å². The third-order valence-electron chi connectivity index (χ3n) is 1.45. The van der Waals surface area contributed by atoms with E-state index < -0.39 is 0 Å². The number of halogens is 1. The largest absolute Gasteiger partial charge is 0.355 e. The van der Waals surface area contributed by atoms with Gasteiger partial charge in [0, 0.05) is 23.9 Å². The van der Waals surface area contributed by atoms with Crippen LogP contribution in [0.25, 0.3) is 0 Å². The molecule has 0 saturated carbocycles. The molecule has 15 heavy (non-hydrogen) atoms. The Bertz CT molecular complexity index is 343. The molecular formula is C12H15BrN2. The lowest BCUT2D eigenvalue weighted by Gasteiger charge is -1.96. The predicted molar refractivity (Wildman–Crippen MR) is 71.2 cm³/mol. The summed E-state index contributed by atoms with van der Waals surface area (Å²) >= 11 is 3.37. The van der Waals surface area contributed by atoms with E-state index in [0.717, 1.165) is 10.2 Å². The Kier molecular flexibility index (Phi) is 8.44. The molecule has 0 fully saturated rings. The van der Waals surface area contributed by atoms with Crippen molar-refractivity contribution >= 4 is 22.1 Å². The van der Waals surface area contributed by atoms with Gasteiger partial charge in [0.05, 0.1) is 5.70 Å². The number of hydrogen-bond donors (Lipinski definition) is 1. The Balaban J connectivity index is 4.30. The molecule has 0 aromatic heterocycles. The summed E-state index contributed by atoms with van der Waals surface area (Å²) < 4.78 is 1.01. The maximum atomic E-state index is 3.81. The van der Waals surface area contributed by atoms with Gasteiger partial charge in [0.15, 0.2) is 0 Å². The van der Waals surface area contributed by atoms with E-state index in [9.17, 15) is 0 Å². The Labute approximate surface area is 99.6 Å². The van der Waals surface area contributed by atoms with E-state index in [1.807, 2.05) is 25.2 Å². The third kappa shape index (κ3) is 7.74. The standard InChI is InChI=1S/C12H15BrN2/c1-4-11(13)7-8-12(5-2)15-10-6-9-14-3/h4,6-10,15H,2H2,1,3H3/b8-7-,10-6-,11-4+,14-9-. The monoisotopic (exact) mass is 266 g/mol. The van der Waals surface area contributed by atoms with Crippen LogP contribution in [-0.4, -0.2) is 13.3 Å². The molecule has 80 valence electrons. The van der Waals surface area contributed by atoms with Gasteiger partial charge in [-0.25, -0.2) is 0 Å². The molecular weight excluding hydrogens is 252 g/mol. The zero-order chi connectivity index (χ0) is 11.5. The molecule has 0 amide bonds. The molecule has 0 bridgehead atoms. The first-order valence-electron chi connectivity index (χ1n) is 4.48. The quantitative estimate of drug-likeness (QED) is 0.461. The second-order valence-corrected chi connectivity index (χ2v) is 3.42. The zero-order valence-electron chi connectivity index (χ0n) is 9.00. The van der Waals surface area contributed by atoms with Crippen molar-refractivity contribution in [1.29, 1.82) is 0 Å². The van der Waals surface area contributed by atoms with Gasteiger partial charge in [0.25, 0.3) is 0 Å². The van der Waals surface area contributed by atoms with E-state index in [1.165, 1.54) is 0 Å². The number of nitrogens with one attached hydrogen (secondary N) is 1. The molecule has 0 spiro atoms. The summed E-state index contributed by atoms with van der Waals surface area (Å²) in [6.45, 7) is 5.54. The van der Waals surface area contributed by atoms with Crippen molar-refractivity contribution in [2.75, 3.05) is 7.05 Å². The van der Waals surface area contributed by atoms with Crippen molar-refractivity contribution in [2.45, 2.75) is 6.92 Å². The molecule has 0 aliphatic heterocycles. The molecule has 0 radical (unpaired) electrons. The minimum Gasteiger partial charge on any atom is -0.355 e. The zero-order valence-corrected chi connectivity index (χ0v) is 10.6. The highest BCUT2D eigenvalue weighted by Gasteiger charge is 1.85. The maximum absolute atomic E-state index is 3.81. The summed E-state index contributed by atoms with van der Waals surface area (Å²) in [5, 5.41) is 3.02. The Morgan fingerprint density at radius 3 is 2.73 bits per heavy atom. The van der Waals surface area contributed by atoms with Gasteiger partial charge in [-0.2, -0.15) is 0 Å². The van der Waals surface area contributed by atoms with Crippen LogP contribution in [-0.2, 0) is 0 Å². The number of aliphatic imine (C=N–C) groups is 1. The van der Waals surface area contributed by atoms with Crippen LogP contribution in [0.15, 0.2) is 58.0 Å². The average Bonchev–Trinajstić information content (AvgIpc) is 2.27. The van der Waals surface area contributed by atoms with Crippen LogP contribution in [0.5, 0.6) is 0 Å². The summed E-state index contributed by atoms with van der Waals surface area (Å²) in [7, 11) is 1.72. The van der Waals surface area contributed by atoms with Gasteiger partial charge in [0.1, 0.15) is 0 Å². The Hall–Kier alpha value is -1.31. The number of allylic oxidation sites excluding steroid dienone is 5. The third-order valence-corrected chi connectivity index (χ3v) is 2.17. The molecule has 0 aromatic rings. The van der Waals surface area contributed by atoms with Crippen LogP contribution in [0.4, 0.5) is 0 Å². The molecule has 2 nitrogen and oxygen atoms in total. The van der Waals surface area contributed by atoms with E-state index in [1.54, 1.807) is 25.5 Å². The Morgan fingerprint density at radius 1 is 1.47 bits per heavy atom. The van der Waals surface area contributed by atoms with Gasteiger partial charge >= 0.3 is 0 Å². The Morgan fingerprint density at radius 2 is 2.20 bits per heavy atom. The van der Waals surface area contributed by atoms with Gasteiger partial charge in [-0.15, -0.1) is 5.73 Å². The highest BCUT2D eigenvalue weighted by atomic mass is 79.9. The number of hydrogen-bond acceptors (Lipinski definition) is 2. The van der Waals surface area contributed by atoms with Crippen molar-refractivity contribution in [2.24, 2.45) is 4.99 Å². The summed E-state index contributed by atoms with van der Waals surface area (Å²) in [5.41, 5.74) is 3.58. The van der Waals surface area contributed by atoms with Gasteiger partial charge in [-0.3, -0.25) is 4.99 Å². The molecule has 0 rings (SSSR count). The van der Waals surface area contributed by atoms with E-state index in [0.29, 0.717) is 0 Å². The maximum Gasteiger partial charge on any atom is 0.0807 e. The van der Waals surface area contributed by atoms with Crippen LogP contribution in [0.1, 0.15) is 6.92 Å². The van der Waals surface area contributed by atoms with Gasteiger partial charge < -0.3 is 5.32 Å². The molecule has 3 heteroatoms. The number of nitrogens with zero attached hydrogens (tertiary/aromatic N) is 1. The van der Waals surface area contributed by atoms with Crippen LogP contribution >= 0.6 is 15.9 Å². The molecule has 0 unspecified atom stereocenters. The lowest BCUT2D eigenvalue weighted by molar-refractivity contribution is 1.12. The summed E-state index contributed by atoms with van der Waals surface area (Å²) in [6, 6.07) is 0. The normalized spacial score (nSPS) is 12.6. The second-order valence-electron chi connectivity index (χ2n) is 2.51. The average molecular weight is 267 g/mol. The first-order chi connectivity index (χ1) is 7.24. The van der Waals surface area contributed by atoms with Gasteiger partial charge in [0.2, 0.25) is 0 Å². The fraction of sp³-hybridized carbons (Fsp3) is 0.167. The number of rotatable bonds is 5. The van der Waals surface area contributed by atoms with E-state index >= 15 is 0 Å². The summed E-state index contributed by atoms with van der Waals surface area (Å²) in [6.07, 6.45) is 11.0. The van der Waals surface area contributed by atoms with E-state index in [4.69, 9.17) is 0 Å². The van der Waals surface area contributed by atoms with Crippen molar-refractivity contribution in [3.8, 4) is 0 Å². The van der Waals surface area contributed by atoms with Crippen LogP contribution in [0.3, 0.4) is 0 Å². The minimum atomic E-state index is 0.801. The van der Waals surface area contributed by atoms with Crippen LogP contribution in [0, 0.1) is 0 Å². The molecule has 0 aliphatic carbocycles. The lowest BCUT2D eigenvalue weighted by atomic mass is 10.3. The molecule has 0 aromatic carbocycles. The summed E-state index contributed by atoms with van der Waals surface area (Å²) in [4.78, 5) is 3.81. The van der Waals surface area contributed by atoms with Crippen LogP contribution in [0.2, 0.25) is 0 Å². The lowest BCUT2D eigenvalue weighted by Crippen LogP contribution is -2.00. The topological polar surface area (TPSA) is 24.4 Å². The highest BCUT2D eigenvalue weighted by Crippen LogP contribution is 2.06. The van der Waals surface area contributed by atoms with E-state index in [2.05, 4.69) is 38.5 Å².